The van der Waals surface area contributed by atoms with Crippen LogP contribution < -0.4 is 11.3 Å². The second-order valence-electron chi connectivity index (χ2n) is 3.69. The summed E-state index contributed by atoms with van der Waals surface area (Å²) in [7, 11) is 0. The van der Waals surface area contributed by atoms with E-state index in [2.05, 4.69) is 47.3 Å². The average Bonchev–Trinajstić information content (AvgIpc) is 2.41. The Hall–Kier alpha value is -0.980. The van der Waals surface area contributed by atoms with Crippen LogP contribution in [0.15, 0.2) is 33.2 Å². The Morgan fingerprint density at radius 1 is 1.17 bits per heavy atom. The number of hydrogen-bond donors (Lipinski definition) is 2. The van der Waals surface area contributed by atoms with Crippen molar-refractivity contribution in [3.8, 4) is 11.4 Å². The highest BCUT2D eigenvalue weighted by molar-refractivity contribution is 9.13. The van der Waals surface area contributed by atoms with E-state index in [4.69, 9.17) is 5.84 Å². The number of anilines is 1. The monoisotopic (exact) mass is 370 g/mol. The third-order valence-electron chi connectivity index (χ3n) is 2.47. The first-order valence-corrected chi connectivity index (χ1v) is 7.02. The van der Waals surface area contributed by atoms with Gasteiger partial charge < -0.3 is 5.43 Å². The molecule has 0 amide bonds. The van der Waals surface area contributed by atoms with Crippen LogP contribution in [0.1, 0.15) is 12.6 Å². The number of nitrogens with two attached hydrogens (primary N) is 1. The van der Waals surface area contributed by atoms with Gasteiger partial charge in [0.1, 0.15) is 5.82 Å². The van der Waals surface area contributed by atoms with Crippen molar-refractivity contribution in [3.63, 3.8) is 0 Å². The number of aryl methyl sites for hydroxylation is 1. The normalized spacial score (nSPS) is 10.4. The van der Waals surface area contributed by atoms with Crippen molar-refractivity contribution in [2.24, 2.45) is 5.84 Å². The van der Waals surface area contributed by atoms with Gasteiger partial charge >= 0.3 is 0 Å². The van der Waals surface area contributed by atoms with Crippen molar-refractivity contribution in [2.75, 3.05) is 5.43 Å². The van der Waals surface area contributed by atoms with Gasteiger partial charge in [0, 0.05) is 26.3 Å². The summed E-state index contributed by atoms with van der Waals surface area (Å²) < 4.78 is 1.96. The fourth-order valence-corrected chi connectivity index (χ4v) is 2.14. The summed E-state index contributed by atoms with van der Waals surface area (Å²) in [5.74, 6) is 6.70. The van der Waals surface area contributed by atoms with E-state index in [1.54, 1.807) is 0 Å². The number of nitrogens with one attached hydrogen (secondary N) is 1. The summed E-state index contributed by atoms with van der Waals surface area (Å²) in [6.45, 7) is 2.05. The highest BCUT2D eigenvalue weighted by atomic mass is 79.9. The number of nitrogens with zero attached hydrogens (tertiary/aromatic N) is 2. The molecule has 18 heavy (non-hydrogen) atoms. The molecular weight excluding hydrogens is 360 g/mol. The number of benzene rings is 1. The summed E-state index contributed by atoms with van der Waals surface area (Å²) in [6.07, 6.45) is 0.835. The molecular formula is C12H12Br2N4. The highest BCUT2D eigenvalue weighted by Crippen LogP contribution is 2.28. The molecule has 0 unspecified atom stereocenters. The van der Waals surface area contributed by atoms with Crippen LogP contribution in [0.2, 0.25) is 0 Å². The Labute approximate surface area is 122 Å². The van der Waals surface area contributed by atoms with Crippen LogP contribution in [0.25, 0.3) is 11.4 Å². The van der Waals surface area contributed by atoms with Crippen LogP contribution >= 0.6 is 31.9 Å². The van der Waals surface area contributed by atoms with Gasteiger partial charge in [-0.25, -0.2) is 15.8 Å². The summed E-state index contributed by atoms with van der Waals surface area (Å²) in [5.41, 5.74) is 4.46. The average molecular weight is 372 g/mol. The number of nitrogen functional groups attached to an aromatic ring is 1. The molecule has 0 aliphatic rings. The molecule has 1 aromatic carbocycles. The van der Waals surface area contributed by atoms with Crippen molar-refractivity contribution >= 4 is 37.7 Å². The zero-order chi connectivity index (χ0) is 13.1. The molecule has 2 rings (SSSR count). The maximum atomic E-state index is 5.42. The van der Waals surface area contributed by atoms with Crippen molar-refractivity contribution < 1.29 is 0 Å². The molecule has 0 saturated heterocycles. The lowest BCUT2D eigenvalue weighted by Crippen LogP contribution is -2.10. The lowest BCUT2D eigenvalue weighted by atomic mass is 10.2. The minimum absolute atomic E-state index is 0.621. The highest BCUT2D eigenvalue weighted by Gasteiger charge is 2.07. The van der Waals surface area contributed by atoms with Crippen LogP contribution in [0.3, 0.4) is 0 Å². The van der Waals surface area contributed by atoms with Crippen molar-refractivity contribution in [3.05, 3.63) is 38.9 Å². The molecule has 1 heterocycles. The molecule has 2 aromatic rings. The minimum Gasteiger partial charge on any atom is -0.308 e. The lowest BCUT2D eigenvalue weighted by Gasteiger charge is -2.07. The predicted octanol–water partition coefficient (Wildman–Crippen LogP) is 3.52. The van der Waals surface area contributed by atoms with Crippen molar-refractivity contribution in [2.45, 2.75) is 13.3 Å². The van der Waals surface area contributed by atoms with E-state index in [0.717, 1.165) is 26.6 Å². The number of rotatable bonds is 3. The summed E-state index contributed by atoms with van der Waals surface area (Å²) >= 11 is 6.91. The first kappa shape index (κ1) is 13.5. The van der Waals surface area contributed by atoms with Gasteiger partial charge in [0.25, 0.3) is 0 Å². The molecule has 4 nitrogen and oxygen atoms in total. The molecule has 94 valence electrons. The largest absolute Gasteiger partial charge is 0.308 e. The van der Waals surface area contributed by atoms with Gasteiger partial charge in [-0.05, 0) is 56.5 Å². The topological polar surface area (TPSA) is 63.8 Å². The fraction of sp³-hybridized carbons (Fsp3) is 0.167. The van der Waals surface area contributed by atoms with Gasteiger partial charge in [-0.2, -0.15) is 0 Å². The minimum atomic E-state index is 0.621. The standard InChI is InChI=1S/C12H12Br2N4/c1-2-8-6-11(18-15)17-12(16-8)7-3-4-9(13)10(14)5-7/h3-6H,2,15H2,1H3,(H,16,17,18). The molecule has 0 aliphatic carbocycles. The molecule has 0 spiro atoms. The van der Waals surface area contributed by atoms with E-state index < -0.39 is 0 Å². The van der Waals surface area contributed by atoms with Crippen LogP contribution in [-0.4, -0.2) is 9.97 Å². The summed E-state index contributed by atoms with van der Waals surface area (Å²) in [6, 6.07) is 7.73. The Balaban J connectivity index is 2.51. The van der Waals surface area contributed by atoms with Crippen molar-refractivity contribution in [1.82, 2.24) is 9.97 Å². The van der Waals surface area contributed by atoms with Gasteiger partial charge in [-0.15, -0.1) is 0 Å². The van der Waals surface area contributed by atoms with Gasteiger partial charge in [-0.1, -0.05) is 6.92 Å². The molecule has 0 saturated carbocycles. The van der Waals surface area contributed by atoms with Crippen LogP contribution in [-0.2, 0) is 6.42 Å². The first-order chi connectivity index (χ1) is 8.63. The van der Waals surface area contributed by atoms with Gasteiger partial charge in [0.05, 0.1) is 0 Å². The predicted molar refractivity (Wildman–Crippen MR) is 80.1 cm³/mol. The van der Waals surface area contributed by atoms with E-state index in [1.165, 1.54) is 0 Å². The second-order valence-corrected chi connectivity index (χ2v) is 5.40. The first-order valence-electron chi connectivity index (χ1n) is 5.44. The smallest absolute Gasteiger partial charge is 0.161 e. The Morgan fingerprint density at radius 2 is 1.94 bits per heavy atom. The molecule has 0 atom stereocenters. The lowest BCUT2D eigenvalue weighted by molar-refractivity contribution is 1.00. The SMILES string of the molecule is CCc1cc(NN)nc(-c2ccc(Br)c(Br)c2)n1. The van der Waals surface area contributed by atoms with Crippen molar-refractivity contribution in [1.29, 1.82) is 0 Å². The van der Waals surface area contributed by atoms with Crippen LogP contribution in [0.5, 0.6) is 0 Å². The zero-order valence-electron chi connectivity index (χ0n) is 9.74. The van der Waals surface area contributed by atoms with E-state index in [1.807, 2.05) is 31.2 Å². The Bertz CT molecular complexity index is 550. The van der Waals surface area contributed by atoms with E-state index in [-0.39, 0.29) is 0 Å². The molecule has 6 heteroatoms. The Kier molecular flexibility index (Phi) is 4.31. The molecule has 0 aliphatic heterocycles. The van der Waals surface area contributed by atoms with Gasteiger partial charge in [0.15, 0.2) is 5.82 Å². The van der Waals surface area contributed by atoms with Gasteiger partial charge in [0.2, 0.25) is 0 Å². The third kappa shape index (κ3) is 2.88. The molecule has 1 aromatic heterocycles. The number of hydrazine groups is 1. The number of hydrogen-bond acceptors (Lipinski definition) is 4. The van der Waals surface area contributed by atoms with Crippen LogP contribution in [0.4, 0.5) is 5.82 Å². The third-order valence-corrected chi connectivity index (χ3v) is 4.35. The van der Waals surface area contributed by atoms with Crippen LogP contribution in [0, 0.1) is 0 Å². The molecule has 0 radical (unpaired) electrons. The fourth-order valence-electron chi connectivity index (χ4n) is 1.52. The quantitative estimate of drug-likeness (QED) is 0.640. The number of aromatic nitrogens is 2. The molecule has 0 fully saturated rings. The van der Waals surface area contributed by atoms with E-state index in [9.17, 15) is 0 Å². The Morgan fingerprint density at radius 3 is 2.56 bits per heavy atom. The van der Waals surface area contributed by atoms with E-state index >= 15 is 0 Å². The molecule has 0 bridgehead atoms. The van der Waals surface area contributed by atoms with E-state index in [0.29, 0.717) is 11.6 Å². The maximum Gasteiger partial charge on any atom is 0.161 e. The summed E-state index contributed by atoms with van der Waals surface area (Å²) in [4.78, 5) is 8.86. The maximum absolute atomic E-state index is 5.42. The van der Waals surface area contributed by atoms with Gasteiger partial charge in [-0.3, -0.25) is 0 Å². The number of halogens is 2. The summed E-state index contributed by atoms with van der Waals surface area (Å²) in [5, 5.41) is 0. The second kappa shape index (κ2) is 5.77. The molecule has 3 N–H and O–H groups in total. The zero-order valence-corrected chi connectivity index (χ0v) is 12.9.